The Balaban J connectivity index is 1.81. The quantitative estimate of drug-likeness (QED) is 0.595. The zero-order chi connectivity index (χ0) is 19.4. The molecule has 0 aliphatic heterocycles. The van der Waals surface area contributed by atoms with Gasteiger partial charge in [0.15, 0.2) is 11.5 Å². The summed E-state index contributed by atoms with van der Waals surface area (Å²) in [7, 11) is 3.32. The first-order valence-corrected chi connectivity index (χ1v) is 9.30. The van der Waals surface area contributed by atoms with Crippen LogP contribution in [0, 0.1) is 6.92 Å². The first-order chi connectivity index (χ1) is 13.0. The molecule has 1 aromatic carbocycles. The van der Waals surface area contributed by atoms with E-state index in [1.54, 1.807) is 14.2 Å². The molecular weight excluding hydrogens is 340 g/mol. The van der Waals surface area contributed by atoms with Gasteiger partial charge in [-0.05, 0) is 31.0 Å². The first kappa shape index (κ1) is 19.0. The fourth-order valence-corrected chi connectivity index (χ4v) is 3.42. The van der Waals surface area contributed by atoms with Crippen molar-refractivity contribution in [3.63, 3.8) is 0 Å². The number of hydrogen-bond donors (Lipinski definition) is 0. The fraction of sp³-hybridized carbons (Fsp3) is 0.429. The molecule has 144 valence electrons. The van der Waals surface area contributed by atoms with Gasteiger partial charge >= 0.3 is 0 Å². The second kappa shape index (κ2) is 8.29. The van der Waals surface area contributed by atoms with Crippen molar-refractivity contribution in [1.82, 2.24) is 19.1 Å². The molecule has 0 spiro atoms. The molecule has 0 aliphatic rings. The van der Waals surface area contributed by atoms with Crippen LogP contribution in [0.25, 0.3) is 11.4 Å². The molecule has 0 radical (unpaired) electrons. The summed E-state index contributed by atoms with van der Waals surface area (Å²) in [6, 6.07) is 4.06. The molecule has 0 fully saturated rings. The topological polar surface area (TPSA) is 54.1 Å². The van der Waals surface area contributed by atoms with E-state index in [2.05, 4.69) is 45.2 Å². The van der Waals surface area contributed by atoms with Crippen molar-refractivity contribution in [2.45, 2.75) is 46.2 Å². The summed E-state index contributed by atoms with van der Waals surface area (Å²) in [5.41, 5.74) is 2.06. The molecule has 0 unspecified atom stereocenters. The van der Waals surface area contributed by atoms with Gasteiger partial charge in [-0.1, -0.05) is 13.8 Å². The highest BCUT2D eigenvalue weighted by atomic mass is 16.5. The van der Waals surface area contributed by atoms with Gasteiger partial charge in [0.05, 0.1) is 19.8 Å². The number of nitrogens with zero attached hydrogens (tertiary/aromatic N) is 4. The molecule has 0 bridgehead atoms. The van der Waals surface area contributed by atoms with E-state index in [0.29, 0.717) is 11.7 Å². The number of aryl methyl sites for hydroxylation is 3. The van der Waals surface area contributed by atoms with Crippen LogP contribution in [-0.2, 0) is 13.1 Å². The standard InChI is InChI=1S/C21H28N4O2/c1-15(2)20-22-7-11-24(20)9-6-10-25-12-8-23-21(25)17-13-16(3)14-18(26-4)19(17)27-5/h7-8,11-15H,6,9-10H2,1-5H3. The number of hydrogen-bond acceptors (Lipinski definition) is 4. The third-order valence-electron chi connectivity index (χ3n) is 4.64. The lowest BCUT2D eigenvalue weighted by Crippen LogP contribution is -2.08. The molecule has 6 heteroatoms. The van der Waals surface area contributed by atoms with E-state index < -0.39 is 0 Å². The molecule has 0 saturated carbocycles. The maximum Gasteiger partial charge on any atom is 0.171 e. The van der Waals surface area contributed by atoms with Gasteiger partial charge in [0, 0.05) is 43.8 Å². The zero-order valence-electron chi connectivity index (χ0n) is 16.8. The summed E-state index contributed by atoms with van der Waals surface area (Å²) < 4.78 is 15.5. The second-order valence-electron chi connectivity index (χ2n) is 6.98. The maximum absolute atomic E-state index is 5.62. The minimum Gasteiger partial charge on any atom is -0.493 e. The Kier molecular flexibility index (Phi) is 5.84. The smallest absolute Gasteiger partial charge is 0.171 e. The van der Waals surface area contributed by atoms with Crippen LogP contribution in [0.3, 0.4) is 0 Å². The van der Waals surface area contributed by atoms with Crippen LogP contribution < -0.4 is 9.47 Å². The minimum atomic E-state index is 0.424. The number of aromatic nitrogens is 4. The van der Waals surface area contributed by atoms with Crippen molar-refractivity contribution in [3.05, 3.63) is 48.3 Å². The van der Waals surface area contributed by atoms with Crippen molar-refractivity contribution in [2.75, 3.05) is 14.2 Å². The molecule has 3 rings (SSSR count). The Labute approximate surface area is 160 Å². The molecule has 0 aliphatic carbocycles. The van der Waals surface area contributed by atoms with E-state index in [9.17, 15) is 0 Å². The minimum absolute atomic E-state index is 0.424. The summed E-state index contributed by atoms with van der Waals surface area (Å²) >= 11 is 0. The lowest BCUT2D eigenvalue weighted by Gasteiger charge is -2.15. The average Bonchev–Trinajstić information content (AvgIpc) is 3.30. The number of benzene rings is 1. The molecule has 0 saturated heterocycles. The fourth-order valence-electron chi connectivity index (χ4n) is 3.42. The molecule has 0 N–H and O–H groups in total. The van der Waals surface area contributed by atoms with Crippen molar-refractivity contribution in [1.29, 1.82) is 0 Å². The molecule has 3 aromatic rings. The number of ether oxygens (including phenoxy) is 2. The first-order valence-electron chi connectivity index (χ1n) is 9.30. The van der Waals surface area contributed by atoms with Crippen LogP contribution >= 0.6 is 0 Å². The van der Waals surface area contributed by atoms with Crippen LogP contribution in [0.5, 0.6) is 11.5 Å². The maximum atomic E-state index is 5.62. The van der Waals surface area contributed by atoms with Crippen LogP contribution in [0.15, 0.2) is 36.9 Å². The van der Waals surface area contributed by atoms with E-state index >= 15 is 0 Å². The Hall–Kier alpha value is -2.76. The molecular formula is C21H28N4O2. The van der Waals surface area contributed by atoms with Gasteiger partial charge in [-0.25, -0.2) is 9.97 Å². The highest BCUT2D eigenvalue weighted by molar-refractivity contribution is 5.70. The third kappa shape index (κ3) is 3.99. The summed E-state index contributed by atoms with van der Waals surface area (Å²) in [6.07, 6.45) is 8.77. The Morgan fingerprint density at radius 3 is 2.37 bits per heavy atom. The largest absolute Gasteiger partial charge is 0.493 e. The Morgan fingerprint density at radius 2 is 1.67 bits per heavy atom. The summed E-state index contributed by atoms with van der Waals surface area (Å²) in [4.78, 5) is 9.04. The van der Waals surface area contributed by atoms with E-state index in [1.807, 2.05) is 31.6 Å². The van der Waals surface area contributed by atoms with Crippen LogP contribution in [0.4, 0.5) is 0 Å². The lowest BCUT2D eigenvalue weighted by atomic mass is 10.1. The van der Waals surface area contributed by atoms with Gasteiger partial charge in [-0.15, -0.1) is 0 Å². The van der Waals surface area contributed by atoms with E-state index in [1.165, 1.54) is 0 Å². The van der Waals surface area contributed by atoms with Gasteiger partial charge in [0.25, 0.3) is 0 Å². The molecule has 27 heavy (non-hydrogen) atoms. The third-order valence-corrected chi connectivity index (χ3v) is 4.64. The van der Waals surface area contributed by atoms with Gasteiger partial charge < -0.3 is 18.6 Å². The van der Waals surface area contributed by atoms with Crippen LogP contribution in [0.2, 0.25) is 0 Å². The average molecular weight is 368 g/mol. The van der Waals surface area contributed by atoms with E-state index in [0.717, 1.165) is 48.0 Å². The Bertz CT molecular complexity index is 895. The predicted molar refractivity (Wildman–Crippen MR) is 106 cm³/mol. The zero-order valence-corrected chi connectivity index (χ0v) is 16.8. The lowest BCUT2D eigenvalue weighted by molar-refractivity contribution is 0.355. The van der Waals surface area contributed by atoms with Crippen molar-refractivity contribution in [2.24, 2.45) is 0 Å². The van der Waals surface area contributed by atoms with Gasteiger partial charge in [-0.2, -0.15) is 0 Å². The van der Waals surface area contributed by atoms with Crippen LogP contribution in [-0.4, -0.2) is 33.3 Å². The van der Waals surface area contributed by atoms with E-state index in [-0.39, 0.29) is 0 Å². The summed E-state index contributed by atoms with van der Waals surface area (Å²) in [5, 5.41) is 0. The van der Waals surface area contributed by atoms with Gasteiger partial charge in [0.2, 0.25) is 0 Å². The normalized spacial score (nSPS) is 11.2. The molecule has 2 aromatic heterocycles. The highest BCUT2D eigenvalue weighted by Gasteiger charge is 2.17. The van der Waals surface area contributed by atoms with Crippen molar-refractivity contribution >= 4 is 0 Å². The SMILES string of the molecule is COc1cc(C)cc(-c2nccn2CCCn2ccnc2C(C)C)c1OC. The highest BCUT2D eigenvalue weighted by Crippen LogP contribution is 2.38. The molecule has 6 nitrogen and oxygen atoms in total. The summed E-state index contributed by atoms with van der Waals surface area (Å²) in [5.74, 6) is 3.89. The summed E-state index contributed by atoms with van der Waals surface area (Å²) in [6.45, 7) is 8.18. The van der Waals surface area contributed by atoms with Gasteiger partial charge in [0.1, 0.15) is 11.6 Å². The number of rotatable bonds is 8. The Morgan fingerprint density at radius 1 is 0.963 bits per heavy atom. The van der Waals surface area contributed by atoms with Crippen LogP contribution in [0.1, 0.15) is 37.6 Å². The number of imidazole rings is 2. The molecule has 2 heterocycles. The molecule has 0 atom stereocenters. The van der Waals surface area contributed by atoms with Crippen molar-refractivity contribution < 1.29 is 9.47 Å². The van der Waals surface area contributed by atoms with E-state index in [4.69, 9.17) is 9.47 Å². The molecule has 0 amide bonds. The monoisotopic (exact) mass is 368 g/mol. The second-order valence-corrected chi connectivity index (χ2v) is 6.98. The van der Waals surface area contributed by atoms with Gasteiger partial charge in [-0.3, -0.25) is 0 Å². The predicted octanol–water partition coefficient (Wildman–Crippen LogP) is 4.29. The number of methoxy groups -OCH3 is 2. The van der Waals surface area contributed by atoms with Crippen molar-refractivity contribution in [3.8, 4) is 22.9 Å².